The Morgan fingerprint density at radius 1 is 1.50 bits per heavy atom. The maximum absolute atomic E-state index is 11.9. The van der Waals surface area contributed by atoms with Gasteiger partial charge < -0.3 is 10.6 Å². The van der Waals surface area contributed by atoms with Crippen LogP contribution in [-0.2, 0) is 4.79 Å². The first-order valence-electron chi connectivity index (χ1n) is 6.67. The largest absolute Gasteiger partial charge is 0.325 e. The van der Waals surface area contributed by atoms with Crippen LogP contribution in [0.15, 0.2) is 18.5 Å². The summed E-state index contributed by atoms with van der Waals surface area (Å²) >= 11 is 0. The van der Waals surface area contributed by atoms with E-state index in [0.29, 0.717) is 12.3 Å². The molecule has 2 heterocycles. The monoisotopic (exact) mass is 247 g/mol. The molecule has 0 radical (unpaired) electrons. The molecule has 2 N–H and O–H groups in total. The second-order valence-corrected chi connectivity index (χ2v) is 4.97. The van der Waals surface area contributed by atoms with Gasteiger partial charge in [-0.15, -0.1) is 0 Å². The summed E-state index contributed by atoms with van der Waals surface area (Å²) in [5, 5.41) is 6.27. The molecule has 18 heavy (non-hydrogen) atoms. The molecule has 1 aliphatic heterocycles. The molecule has 1 saturated heterocycles. The van der Waals surface area contributed by atoms with Crippen LogP contribution in [0.4, 0.5) is 5.69 Å². The van der Waals surface area contributed by atoms with Crippen LogP contribution in [-0.4, -0.2) is 24.0 Å². The van der Waals surface area contributed by atoms with Crippen molar-refractivity contribution >= 4 is 11.6 Å². The summed E-state index contributed by atoms with van der Waals surface area (Å²) in [5.74, 6) is 0.802. The SMILES string of the molecule is Cc1ccncc1NC(=O)CCC1CCNCC1. The predicted octanol–water partition coefficient (Wildman–Crippen LogP) is 2.11. The quantitative estimate of drug-likeness (QED) is 0.856. The Kier molecular flexibility index (Phi) is 4.70. The maximum atomic E-state index is 11.9. The van der Waals surface area contributed by atoms with Crippen LogP contribution in [0.2, 0.25) is 0 Å². The lowest BCUT2D eigenvalue weighted by atomic mass is 9.93. The van der Waals surface area contributed by atoms with E-state index >= 15 is 0 Å². The average molecular weight is 247 g/mol. The third kappa shape index (κ3) is 3.81. The van der Waals surface area contributed by atoms with Gasteiger partial charge >= 0.3 is 0 Å². The standard InChI is InChI=1S/C14H21N3O/c1-11-4-7-16-10-13(11)17-14(18)3-2-12-5-8-15-9-6-12/h4,7,10,12,15H,2-3,5-6,8-9H2,1H3,(H,17,18). The molecular formula is C14H21N3O. The van der Waals surface area contributed by atoms with Gasteiger partial charge in [0.25, 0.3) is 0 Å². The van der Waals surface area contributed by atoms with E-state index in [4.69, 9.17) is 0 Å². The van der Waals surface area contributed by atoms with Gasteiger partial charge in [0.1, 0.15) is 0 Å². The molecular weight excluding hydrogens is 226 g/mol. The number of carbonyl (C=O) groups excluding carboxylic acids is 1. The molecule has 0 aromatic carbocycles. The minimum atomic E-state index is 0.102. The lowest BCUT2D eigenvalue weighted by molar-refractivity contribution is -0.116. The zero-order valence-corrected chi connectivity index (χ0v) is 10.9. The molecule has 4 heteroatoms. The number of carbonyl (C=O) groups is 1. The van der Waals surface area contributed by atoms with Crippen molar-refractivity contribution in [1.82, 2.24) is 10.3 Å². The fourth-order valence-electron chi connectivity index (χ4n) is 2.31. The zero-order chi connectivity index (χ0) is 12.8. The summed E-state index contributed by atoms with van der Waals surface area (Å²) < 4.78 is 0. The van der Waals surface area contributed by atoms with Crippen LogP contribution in [0.3, 0.4) is 0 Å². The number of aromatic nitrogens is 1. The number of nitrogens with zero attached hydrogens (tertiary/aromatic N) is 1. The van der Waals surface area contributed by atoms with Crippen molar-refractivity contribution in [3.8, 4) is 0 Å². The van der Waals surface area contributed by atoms with E-state index in [0.717, 1.165) is 30.8 Å². The molecule has 0 unspecified atom stereocenters. The van der Waals surface area contributed by atoms with E-state index in [1.807, 2.05) is 13.0 Å². The average Bonchev–Trinajstić information content (AvgIpc) is 2.40. The predicted molar refractivity (Wildman–Crippen MR) is 72.4 cm³/mol. The summed E-state index contributed by atoms with van der Waals surface area (Å²) in [6.45, 7) is 4.16. The summed E-state index contributed by atoms with van der Waals surface area (Å²) in [6.07, 6.45) is 7.43. The molecule has 0 aliphatic carbocycles. The van der Waals surface area contributed by atoms with E-state index in [9.17, 15) is 4.79 Å². The normalized spacial score (nSPS) is 16.5. The Morgan fingerprint density at radius 3 is 3.00 bits per heavy atom. The molecule has 4 nitrogen and oxygen atoms in total. The van der Waals surface area contributed by atoms with Gasteiger partial charge in [0.05, 0.1) is 11.9 Å². The van der Waals surface area contributed by atoms with Gasteiger partial charge in [0.15, 0.2) is 0 Å². The fourth-order valence-corrected chi connectivity index (χ4v) is 2.31. The van der Waals surface area contributed by atoms with E-state index in [1.54, 1.807) is 12.4 Å². The molecule has 0 atom stereocenters. The van der Waals surface area contributed by atoms with Crippen molar-refractivity contribution in [2.24, 2.45) is 5.92 Å². The van der Waals surface area contributed by atoms with Crippen LogP contribution in [0, 0.1) is 12.8 Å². The lowest BCUT2D eigenvalue weighted by Crippen LogP contribution is -2.28. The van der Waals surface area contributed by atoms with Crippen LogP contribution in [0.1, 0.15) is 31.2 Å². The number of anilines is 1. The lowest BCUT2D eigenvalue weighted by Gasteiger charge is -2.22. The van der Waals surface area contributed by atoms with Gasteiger partial charge in [0.2, 0.25) is 5.91 Å². The summed E-state index contributed by atoms with van der Waals surface area (Å²) in [4.78, 5) is 15.9. The number of amides is 1. The minimum Gasteiger partial charge on any atom is -0.325 e. The molecule has 1 aliphatic rings. The Hall–Kier alpha value is -1.42. The fraction of sp³-hybridized carbons (Fsp3) is 0.571. The van der Waals surface area contributed by atoms with Gasteiger partial charge in [-0.05, 0) is 56.8 Å². The second kappa shape index (κ2) is 6.50. The van der Waals surface area contributed by atoms with Gasteiger partial charge in [-0.25, -0.2) is 0 Å². The van der Waals surface area contributed by atoms with Crippen LogP contribution >= 0.6 is 0 Å². The van der Waals surface area contributed by atoms with Crippen molar-refractivity contribution in [1.29, 1.82) is 0 Å². The van der Waals surface area contributed by atoms with E-state index in [2.05, 4.69) is 15.6 Å². The van der Waals surface area contributed by atoms with Crippen molar-refractivity contribution in [3.05, 3.63) is 24.0 Å². The van der Waals surface area contributed by atoms with Crippen LogP contribution in [0.5, 0.6) is 0 Å². The Morgan fingerprint density at radius 2 is 2.28 bits per heavy atom. The first kappa shape index (κ1) is 13.0. The number of nitrogens with one attached hydrogen (secondary N) is 2. The van der Waals surface area contributed by atoms with Crippen molar-refractivity contribution in [3.63, 3.8) is 0 Å². The third-order valence-corrected chi connectivity index (χ3v) is 3.55. The highest BCUT2D eigenvalue weighted by Gasteiger charge is 2.14. The van der Waals surface area contributed by atoms with Crippen molar-refractivity contribution < 1.29 is 4.79 Å². The first-order chi connectivity index (χ1) is 8.75. The van der Waals surface area contributed by atoms with Gasteiger partial charge in [-0.3, -0.25) is 9.78 Å². The summed E-state index contributed by atoms with van der Waals surface area (Å²) in [7, 11) is 0. The van der Waals surface area contributed by atoms with Gasteiger partial charge in [0, 0.05) is 12.6 Å². The molecule has 1 aromatic rings. The number of hydrogen-bond donors (Lipinski definition) is 2. The minimum absolute atomic E-state index is 0.102. The number of pyridine rings is 1. The van der Waals surface area contributed by atoms with E-state index < -0.39 is 0 Å². The van der Waals surface area contributed by atoms with Gasteiger partial charge in [-0.1, -0.05) is 0 Å². The van der Waals surface area contributed by atoms with E-state index in [-0.39, 0.29) is 5.91 Å². The number of piperidine rings is 1. The highest BCUT2D eigenvalue weighted by molar-refractivity contribution is 5.91. The van der Waals surface area contributed by atoms with Gasteiger partial charge in [-0.2, -0.15) is 0 Å². The Bertz CT molecular complexity index is 400. The molecule has 0 saturated carbocycles. The summed E-state index contributed by atoms with van der Waals surface area (Å²) in [5.41, 5.74) is 1.88. The topological polar surface area (TPSA) is 54.0 Å². The highest BCUT2D eigenvalue weighted by atomic mass is 16.1. The first-order valence-corrected chi connectivity index (χ1v) is 6.67. The van der Waals surface area contributed by atoms with Crippen molar-refractivity contribution in [2.75, 3.05) is 18.4 Å². The summed E-state index contributed by atoms with van der Waals surface area (Å²) in [6, 6.07) is 1.91. The number of rotatable bonds is 4. The molecule has 98 valence electrons. The Balaban J connectivity index is 1.76. The molecule has 1 amide bonds. The molecule has 0 bridgehead atoms. The number of hydrogen-bond acceptors (Lipinski definition) is 3. The highest BCUT2D eigenvalue weighted by Crippen LogP contribution is 2.18. The molecule has 1 fully saturated rings. The number of aryl methyl sites for hydroxylation is 1. The Labute approximate surface area is 108 Å². The van der Waals surface area contributed by atoms with Crippen LogP contribution < -0.4 is 10.6 Å². The smallest absolute Gasteiger partial charge is 0.224 e. The molecule has 1 aromatic heterocycles. The third-order valence-electron chi connectivity index (χ3n) is 3.55. The molecule has 2 rings (SSSR count). The van der Waals surface area contributed by atoms with Crippen LogP contribution in [0.25, 0.3) is 0 Å². The molecule has 0 spiro atoms. The maximum Gasteiger partial charge on any atom is 0.224 e. The van der Waals surface area contributed by atoms with E-state index in [1.165, 1.54) is 12.8 Å². The van der Waals surface area contributed by atoms with Crippen molar-refractivity contribution in [2.45, 2.75) is 32.6 Å². The second-order valence-electron chi connectivity index (χ2n) is 4.97. The zero-order valence-electron chi connectivity index (χ0n) is 10.9.